The molecule has 3 atom stereocenters. The van der Waals surface area contributed by atoms with Gasteiger partial charge in [-0.05, 0) is 49.1 Å². The Morgan fingerprint density at radius 3 is 2.71 bits per heavy atom. The zero-order valence-electron chi connectivity index (χ0n) is 15.8. The van der Waals surface area contributed by atoms with Crippen LogP contribution in [0, 0.1) is 5.92 Å². The monoisotopic (exact) mass is 379 g/mol. The van der Waals surface area contributed by atoms with Crippen molar-refractivity contribution in [3.8, 4) is 11.5 Å². The second kappa shape index (κ2) is 6.82. The first kappa shape index (κ1) is 17.6. The highest BCUT2D eigenvalue weighted by Gasteiger charge is 2.50. The van der Waals surface area contributed by atoms with Crippen molar-refractivity contribution in [2.24, 2.45) is 5.92 Å². The maximum Gasteiger partial charge on any atom is 0.254 e. The molecule has 1 amide bonds. The number of fused-ring (bicyclic) bond motifs is 2. The highest BCUT2D eigenvalue weighted by molar-refractivity contribution is 5.94. The molecule has 1 saturated heterocycles. The standard InChI is InChI=1S/C23H25NO4/c25-22(16-6-2-1-3-7-16)24-13-12-23(26)11-5-4-8-18(23)21(24)17-9-10-19-20(14-17)28-15-27-19/h1-3,6-7,9-10,14,18,21,26H,4-5,8,11-13,15H2/t18-,21+,23+/m1/s1. The lowest BCUT2D eigenvalue weighted by molar-refractivity contribution is -0.115. The van der Waals surface area contributed by atoms with Gasteiger partial charge in [0.25, 0.3) is 5.91 Å². The number of benzene rings is 2. The Kier molecular flexibility index (Phi) is 4.27. The molecule has 0 unspecified atom stereocenters. The molecule has 5 nitrogen and oxygen atoms in total. The zero-order valence-corrected chi connectivity index (χ0v) is 15.8. The normalized spacial score (nSPS) is 28.7. The SMILES string of the molecule is O=C(c1ccccc1)N1CC[C@@]2(O)CCCC[C@@H]2[C@@H]1c1ccc2c(c1)OCO2. The number of nitrogens with zero attached hydrogens (tertiary/aromatic N) is 1. The van der Waals surface area contributed by atoms with Gasteiger partial charge in [-0.15, -0.1) is 0 Å². The van der Waals surface area contributed by atoms with E-state index in [2.05, 4.69) is 0 Å². The number of hydrogen-bond acceptors (Lipinski definition) is 4. The van der Waals surface area contributed by atoms with E-state index in [1.54, 1.807) is 0 Å². The van der Waals surface area contributed by atoms with E-state index in [-0.39, 0.29) is 24.7 Å². The number of ether oxygens (including phenoxy) is 2. The third-order valence-corrected chi connectivity index (χ3v) is 6.59. The number of rotatable bonds is 2. The van der Waals surface area contributed by atoms with Crippen LogP contribution >= 0.6 is 0 Å². The van der Waals surface area contributed by atoms with Crippen LogP contribution in [0.2, 0.25) is 0 Å². The van der Waals surface area contributed by atoms with Gasteiger partial charge in [-0.25, -0.2) is 0 Å². The van der Waals surface area contributed by atoms with E-state index < -0.39 is 5.60 Å². The smallest absolute Gasteiger partial charge is 0.254 e. The molecule has 146 valence electrons. The maximum absolute atomic E-state index is 13.4. The molecule has 0 spiro atoms. The quantitative estimate of drug-likeness (QED) is 0.859. The summed E-state index contributed by atoms with van der Waals surface area (Å²) >= 11 is 0. The number of aliphatic hydroxyl groups is 1. The summed E-state index contributed by atoms with van der Waals surface area (Å²) in [5.41, 5.74) is 1.00. The lowest BCUT2D eigenvalue weighted by atomic mass is 9.66. The van der Waals surface area contributed by atoms with E-state index in [0.717, 1.165) is 42.7 Å². The van der Waals surface area contributed by atoms with Crippen molar-refractivity contribution >= 4 is 5.91 Å². The number of hydrogen-bond donors (Lipinski definition) is 1. The van der Waals surface area contributed by atoms with Gasteiger partial charge in [0.05, 0.1) is 11.6 Å². The van der Waals surface area contributed by atoms with Crippen LogP contribution in [0.4, 0.5) is 0 Å². The van der Waals surface area contributed by atoms with Gasteiger partial charge in [0.15, 0.2) is 11.5 Å². The minimum Gasteiger partial charge on any atom is -0.454 e. The van der Waals surface area contributed by atoms with Crippen LogP contribution in [0.5, 0.6) is 11.5 Å². The molecule has 28 heavy (non-hydrogen) atoms. The van der Waals surface area contributed by atoms with E-state index in [1.165, 1.54) is 0 Å². The summed E-state index contributed by atoms with van der Waals surface area (Å²) in [4.78, 5) is 15.3. The van der Waals surface area contributed by atoms with Gasteiger partial charge >= 0.3 is 0 Å². The van der Waals surface area contributed by atoms with Crippen LogP contribution in [0.1, 0.15) is 54.1 Å². The second-order valence-electron chi connectivity index (χ2n) is 8.13. The lowest BCUT2D eigenvalue weighted by Gasteiger charge is -2.52. The highest BCUT2D eigenvalue weighted by atomic mass is 16.7. The van der Waals surface area contributed by atoms with Crippen LogP contribution in [0.15, 0.2) is 48.5 Å². The van der Waals surface area contributed by atoms with E-state index in [9.17, 15) is 9.90 Å². The molecule has 1 N–H and O–H groups in total. The average molecular weight is 379 g/mol. The van der Waals surface area contributed by atoms with E-state index in [0.29, 0.717) is 18.5 Å². The molecule has 0 aromatic heterocycles. The molecule has 5 heteroatoms. The van der Waals surface area contributed by atoms with Gasteiger partial charge in [0.1, 0.15) is 0 Å². The Morgan fingerprint density at radius 1 is 1.04 bits per heavy atom. The molecular formula is C23H25NO4. The van der Waals surface area contributed by atoms with Crippen molar-refractivity contribution in [2.75, 3.05) is 13.3 Å². The predicted molar refractivity (Wildman–Crippen MR) is 104 cm³/mol. The summed E-state index contributed by atoms with van der Waals surface area (Å²) in [5, 5.41) is 11.4. The molecule has 0 radical (unpaired) electrons. The van der Waals surface area contributed by atoms with Crippen molar-refractivity contribution in [2.45, 2.75) is 43.7 Å². The van der Waals surface area contributed by atoms with Crippen molar-refractivity contribution in [1.82, 2.24) is 4.90 Å². The first-order chi connectivity index (χ1) is 13.7. The van der Waals surface area contributed by atoms with Gasteiger partial charge in [-0.2, -0.15) is 0 Å². The number of likely N-dealkylation sites (tertiary alicyclic amines) is 1. The first-order valence-electron chi connectivity index (χ1n) is 10.1. The third kappa shape index (κ3) is 2.85. The number of piperidine rings is 1. The summed E-state index contributed by atoms with van der Waals surface area (Å²) in [7, 11) is 0. The molecule has 2 aromatic rings. The number of amides is 1. The lowest BCUT2D eigenvalue weighted by Crippen LogP contribution is -2.56. The third-order valence-electron chi connectivity index (χ3n) is 6.59. The Labute approximate surface area is 164 Å². The molecule has 0 bridgehead atoms. The highest BCUT2D eigenvalue weighted by Crippen LogP contribution is 2.50. The summed E-state index contributed by atoms with van der Waals surface area (Å²) in [6.45, 7) is 0.781. The molecule has 2 aromatic carbocycles. The van der Waals surface area contributed by atoms with Gasteiger partial charge < -0.3 is 19.5 Å². The average Bonchev–Trinajstić information content (AvgIpc) is 3.20. The Hall–Kier alpha value is -2.53. The van der Waals surface area contributed by atoms with Crippen LogP contribution in [0.25, 0.3) is 0 Å². The molecule has 5 rings (SSSR count). The summed E-state index contributed by atoms with van der Waals surface area (Å²) in [6, 6.07) is 15.2. The van der Waals surface area contributed by atoms with Crippen molar-refractivity contribution in [1.29, 1.82) is 0 Å². The van der Waals surface area contributed by atoms with Crippen LogP contribution in [-0.4, -0.2) is 34.9 Å². The summed E-state index contributed by atoms with van der Waals surface area (Å²) < 4.78 is 11.0. The Morgan fingerprint density at radius 2 is 1.86 bits per heavy atom. The number of carbonyl (C=O) groups is 1. The molecule has 1 aliphatic carbocycles. The fraction of sp³-hybridized carbons (Fsp3) is 0.435. The van der Waals surface area contributed by atoms with E-state index in [1.807, 2.05) is 53.4 Å². The van der Waals surface area contributed by atoms with Crippen molar-refractivity contribution in [3.63, 3.8) is 0 Å². The molecule has 2 fully saturated rings. The van der Waals surface area contributed by atoms with Gasteiger partial charge in [-0.1, -0.05) is 37.1 Å². The Bertz CT molecular complexity index is 883. The largest absolute Gasteiger partial charge is 0.454 e. The molecule has 3 aliphatic rings. The van der Waals surface area contributed by atoms with Crippen molar-refractivity contribution in [3.05, 3.63) is 59.7 Å². The first-order valence-corrected chi connectivity index (χ1v) is 10.1. The summed E-state index contributed by atoms with van der Waals surface area (Å²) in [5.74, 6) is 1.51. The van der Waals surface area contributed by atoms with Gasteiger partial charge in [0.2, 0.25) is 6.79 Å². The molecular weight excluding hydrogens is 354 g/mol. The van der Waals surface area contributed by atoms with Gasteiger partial charge in [-0.3, -0.25) is 4.79 Å². The van der Waals surface area contributed by atoms with E-state index in [4.69, 9.17) is 9.47 Å². The molecule has 2 heterocycles. The van der Waals surface area contributed by atoms with E-state index >= 15 is 0 Å². The maximum atomic E-state index is 13.4. The number of carbonyl (C=O) groups excluding carboxylic acids is 1. The predicted octanol–water partition coefficient (Wildman–Crippen LogP) is 3.92. The Balaban J connectivity index is 1.57. The second-order valence-corrected chi connectivity index (χ2v) is 8.13. The molecule has 1 saturated carbocycles. The minimum atomic E-state index is -0.702. The van der Waals surface area contributed by atoms with Crippen molar-refractivity contribution < 1.29 is 19.4 Å². The van der Waals surface area contributed by atoms with Crippen LogP contribution < -0.4 is 9.47 Å². The molecule has 2 aliphatic heterocycles. The topological polar surface area (TPSA) is 59.0 Å². The fourth-order valence-corrected chi connectivity index (χ4v) is 5.17. The van der Waals surface area contributed by atoms with Crippen LogP contribution in [0.3, 0.4) is 0 Å². The fourth-order valence-electron chi connectivity index (χ4n) is 5.17. The minimum absolute atomic E-state index is 0.0240. The zero-order chi connectivity index (χ0) is 19.1. The van der Waals surface area contributed by atoms with Crippen LogP contribution in [-0.2, 0) is 0 Å². The summed E-state index contributed by atoms with van der Waals surface area (Å²) in [6.07, 6.45) is 4.51. The van der Waals surface area contributed by atoms with Gasteiger partial charge in [0, 0.05) is 18.0 Å².